The van der Waals surface area contributed by atoms with Gasteiger partial charge in [-0.05, 0) is 44.2 Å². The summed E-state index contributed by atoms with van der Waals surface area (Å²) in [7, 11) is 1.75. The number of hydrogen-bond donors (Lipinski definition) is 2. The molecule has 2 aliphatic rings. The molecule has 2 atom stereocenters. The predicted octanol–water partition coefficient (Wildman–Crippen LogP) is 1.98. The molecule has 5 heteroatoms. The average Bonchev–Trinajstić information content (AvgIpc) is 3.11. The summed E-state index contributed by atoms with van der Waals surface area (Å²) in [4.78, 5) is 12.2. The van der Waals surface area contributed by atoms with E-state index >= 15 is 0 Å². The van der Waals surface area contributed by atoms with Crippen LogP contribution in [0.3, 0.4) is 0 Å². The normalized spacial score (nSPS) is 31.2. The summed E-state index contributed by atoms with van der Waals surface area (Å²) in [6.07, 6.45) is 4.31. The smallest absolute Gasteiger partial charge is 0.223 e. The summed E-state index contributed by atoms with van der Waals surface area (Å²) in [6, 6.07) is 0. The summed E-state index contributed by atoms with van der Waals surface area (Å²) >= 11 is 0. The molecule has 20 heavy (non-hydrogen) atoms. The first-order valence-electron chi connectivity index (χ1n) is 7.53. The van der Waals surface area contributed by atoms with Gasteiger partial charge >= 0.3 is 0 Å². The Hall–Kier alpha value is -0.320. The topological polar surface area (TPSA) is 50.4 Å². The minimum atomic E-state index is 0. The van der Waals surface area contributed by atoms with Crippen LogP contribution in [0.4, 0.5) is 0 Å². The van der Waals surface area contributed by atoms with Crippen molar-refractivity contribution in [1.82, 2.24) is 10.6 Å². The molecule has 0 aromatic rings. The van der Waals surface area contributed by atoms with E-state index < -0.39 is 0 Å². The van der Waals surface area contributed by atoms with Gasteiger partial charge in [-0.1, -0.05) is 13.8 Å². The molecular formula is C15H29ClN2O2. The van der Waals surface area contributed by atoms with E-state index in [-0.39, 0.29) is 35.1 Å². The van der Waals surface area contributed by atoms with Crippen LogP contribution in [0.2, 0.25) is 0 Å². The van der Waals surface area contributed by atoms with Gasteiger partial charge in [0, 0.05) is 25.0 Å². The van der Waals surface area contributed by atoms with Gasteiger partial charge in [-0.3, -0.25) is 4.79 Å². The van der Waals surface area contributed by atoms with E-state index in [0.29, 0.717) is 0 Å². The van der Waals surface area contributed by atoms with Crippen molar-refractivity contribution in [2.24, 2.45) is 16.7 Å². The summed E-state index contributed by atoms with van der Waals surface area (Å²) in [5.74, 6) is 0.483. The highest BCUT2D eigenvalue weighted by Gasteiger charge is 2.53. The number of methoxy groups -OCH3 is 1. The van der Waals surface area contributed by atoms with Gasteiger partial charge in [0.1, 0.15) is 0 Å². The van der Waals surface area contributed by atoms with E-state index in [1.807, 2.05) is 0 Å². The number of carbonyl (C=O) groups excluding carboxylic acids is 1. The summed E-state index contributed by atoms with van der Waals surface area (Å²) in [5, 5.41) is 6.56. The third kappa shape index (κ3) is 3.86. The Labute approximate surface area is 128 Å². The van der Waals surface area contributed by atoms with Crippen LogP contribution in [0.1, 0.15) is 39.5 Å². The highest BCUT2D eigenvalue weighted by molar-refractivity contribution is 5.85. The van der Waals surface area contributed by atoms with Crippen molar-refractivity contribution in [3.63, 3.8) is 0 Å². The number of nitrogens with one attached hydrogen (secondary N) is 2. The van der Waals surface area contributed by atoms with Crippen molar-refractivity contribution in [2.75, 3.05) is 33.4 Å². The second-order valence-electron chi connectivity index (χ2n) is 6.67. The zero-order chi connectivity index (χ0) is 13.9. The number of carbonyl (C=O) groups is 1. The Kier molecular flexibility index (Phi) is 6.29. The minimum absolute atomic E-state index is 0. The van der Waals surface area contributed by atoms with Crippen LogP contribution < -0.4 is 10.6 Å². The van der Waals surface area contributed by atoms with Gasteiger partial charge in [0.05, 0.1) is 6.61 Å². The second kappa shape index (κ2) is 7.10. The zero-order valence-corrected chi connectivity index (χ0v) is 13.8. The molecule has 1 aliphatic carbocycles. The lowest BCUT2D eigenvalue weighted by atomic mass is 9.79. The van der Waals surface area contributed by atoms with Crippen molar-refractivity contribution in [3.8, 4) is 0 Å². The molecule has 1 saturated heterocycles. The molecule has 4 nitrogen and oxygen atoms in total. The number of ether oxygens (including phenoxy) is 1. The largest absolute Gasteiger partial charge is 0.384 e. The lowest BCUT2D eigenvalue weighted by Crippen LogP contribution is -2.47. The van der Waals surface area contributed by atoms with E-state index in [1.54, 1.807) is 7.11 Å². The maximum atomic E-state index is 12.2. The van der Waals surface area contributed by atoms with Gasteiger partial charge in [0.2, 0.25) is 5.91 Å². The average molecular weight is 305 g/mol. The van der Waals surface area contributed by atoms with Crippen LogP contribution in [0.5, 0.6) is 0 Å². The van der Waals surface area contributed by atoms with Crippen molar-refractivity contribution < 1.29 is 9.53 Å². The number of amides is 1. The first kappa shape index (κ1) is 17.7. The zero-order valence-electron chi connectivity index (χ0n) is 13.0. The van der Waals surface area contributed by atoms with Gasteiger partial charge in [0.15, 0.2) is 0 Å². The molecule has 2 fully saturated rings. The third-order valence-corrected chi connectivity index (χ3v) is 5.23. The van der Waals surface area contributed by atoms with Gasteiger partial charge in [-0.15, -0.1) is 12.4 Å². The van der Waals surface area contributed by atoms with E-state index in [4.69, 9.17) is 4.74 Å². The minimum Gasteiger partial charge on any atom is -0.384 e. The Balaban J connectivity index is 0.00000200. The lowest BCUT2D eigenvalue weighted by Gasteiger charge is -2.37. The fraction of sp³-hybridized carbons (Fsp3) is 0.933. The lowest BCUT2D eigenvalue weighted by molar-refractivity contribution is -0.124. The van der Waals surface area contributed by atoms with Crippen LogP contribution >= 0.6 is 12.4 Å². The van der Waals surface area contributed by atoms with E-state index in [9.17, 15) is 4.79 Å². The van der Waals surface area contributed by atoms with Crippen LogP contribution in [0.25, 0.3) is 0 Å². The molecule has 1 saturated carbocycles. The highest BCUT2D eigenvalue weighted by atomic mass is 35.5. The summed E-state index contributed by atoms with van der Waals surface area (Å²) < 4.78 is 5.38. The van der Waals surface area contributed by atoms with E-state index in [1.165, 1.54) is 0 Å². The molecule has 0 radical (unpaired) electrons. The number of rotatable bonds is 6. The highest BCUT2D eigenvalue weighted by Crippen LogP contribution is 2.54. The van der Waals surface area contributed by atoms with Crippen molar-refractivity contribution in [2.45, 2.75) is 39.5 Å². The quantitative estimate of drug-likeness (QED) is 0.789. The van der Waals surface area contributed by atoms with Crippen molar-refractivity contribution in [3.05, 3.63) is 0 Å². The van der Waals surface area contributed by atoms with Crippen molar-refractivity contribution in [1.29, 1.82) is 0 Å². The Bertz CT molecular complexity index is 326. The standard InChI is InChI=1S/C15H28N2O2.ClH/c1-4-14(2)9-12(14)13(18)17-10-15(11-19-3)5-7-16-8-6-15;/h12,16H,4-11H2,1-3H3,(H,17,18);1H. The SMILES string of the molecule is CCC1(C)CC1C(=O)NCC1(COC)CCNCC1.Cl. The van der Waals surface area contributed by atoms with Gasteiger partial charge in [-0.25, -0.2) is 0 Å². The Morgan fingerprint density at radius 2 is 2.05 bits per heavy atom. The van der Waals surface area contributed by atoms with Crippen LogP contribution in [-0.2, 0) is 9.53 Å². The Morgan fingerprint density at radius 3 is 2.55 bits per heavy atom. The summed E-state index contributed by atoms with van der Waals surface area (Å²) in [6.45, 7) is 7.94. The molecular weight excluding hydrogens is 276 g/mol. The van der Waals surface area contributed by atoms with Crippen molar-refractivity contribution >= 4 is 18.3 Å². The fourth-order valence-electron chi connectivity index (χ4n) is 3.24. The second-order valence-corrected chi connectivity index (χ2v) is 6.67. The number of hydrogen-bond acceptors (Lipinski definition) is 3. The molecule has 1 amide bonds. The maximum absolute atomic E-state index is 12.2. The maximum Gasteiger partial charge on any atom is 0.223 e. The molecule has 1 aliphatic heterocycles. The Morgan fingerprint density at radius 1 is 1.40 bits per heavy atom. The summed E-state index contributed by atoms with van der Waals surface area (Å²) in [5.41, 5.74) is 0.389. The first-order chi connectivity index (χ1) is 9.05. The molecule has 2 unspecified atom stereocenters. The van der Waals surface area contributed by atoms with Gasteiger partial charge < -0.3 is 15.4 Å². The number of piperidine rings is 1. The molecule has 0 spiro atoms. The monoisotopic (exact) mass is 304 g/mol. The van der Waals surface area contributed by atoms with Crippen LogP contribution in [-0.4, -0.2) is 39.3 Å². The number of halogens is 1. The molecule has 2 N–H and O–H groups in total. The molecule has 118 valence electrons. The molecule has 0 aromatic heterocycles. The van der Waals surface area contributed by atoms with Crippen LogP contribution in [0, 0.1) is 16.7 Å². The molecule has 0 bridgehead atoms. The molecule has 2 rings (SSSR count). The van der Waals surface area contributed by atoms with E-state index in [0.717, 1.165) is 51.9 Å². The predicted molar refractivity (Wildman–Crippen MR) is 83.2 cm³/mol. The third-order valence-electron chi connectivity index (χ3n) is 5.23. The molecule has 1 heterocycles. The van der Waals surface area contributed by atoms with Gasteiger partial charge in [0.25, 0.3) is 0 Å². The van der Waals surface area contributed by atoms with E-state index in [2.05, 4.69) is 24.5 Å². The van der Waals surface area contributed by atoms with Gasteiger partial charge in [-0.2, -0.15) is 0 Å². The first-order valence-corrected chi connectivity index (χ1v) is 7.53. The molecule has 0 aromatic carbocycles. The van der Waals surface area contributed by atoms with Crippen LogP contribution in [0.15, 0.2) is 0 Å². The fourth-order valence-corrected chi connectivity index (χ4v) is 3.24.